The van der Waals surface area contributed by atoms with Crippen LogP contribution in [0.3, 0.4) is 0 Å². The maximum Gasteiger partial charge on any atom is 0.219 e. The summed E-state index contributed by atoms with van der Waals surface area (Å²) in [5, 5.41) is 1.82. The molecule has 4 rings (SSSR count). The highest BCUT2D eigenvalue weighted by molar-refractivity contribution is 6.59. The maximum atomic E-state index is 12.3. The first-order chi connectivity index (χ1) is 15.7. The van der Waals surface area contributed by atoms with Crippen molar-refractivity contribution in [1.82, 2.24) is 29.8 Å². The molecule has 0 aromatic carbocycles. The van der Waals surface area contributed by atoms with E-state index < -0.39 is 11.2 Å². The second-order valence-corrected chi connectivity index (χ2v) is 8.42. The Balaban J connectivity index is 1.70. The molecular weight excluding hydrogens is 411 g/mol. The number of nitrogens with one attached hydrogen (secondary N) is 1. The molecule has 1 unspecified atom stereocenters. The van der Waals surface area contributed by atoms with Crippen molar-refractivity contribution in [3.8, 4) is 11.4 Å². The van der Waals surface area contributed by atoms with Gasteiger partial charge in [-0.05, 0) is 31.4 Å². The molecule has 160 valence electrons. The number of aryl methyl sites for hydroxylation is 1. The van der Waals surface area contributed by atoms with Gasteiger partial charge in [0.1, 0.15) is 17.3 Å². The van der Waals surface area contributed by atoms with Gasteiger partial charge in [0.25, 0.3) is 0 Å². The SMILES string of the molecule is [B]C([B])([B])C1CC[C@H](c2nc(Nc3cncc(C)c3)cc(-c3cnccn3)n2)CN1C(C)=O. The molecule has 33 heavy (non-hydrogen) atoms. The number of carbonyl (C=O) groups is 1. The Morgan fingerprint density at radius 3 is 2.55 bits per heavy atom. The lowest BCUT2D eigenvalue weighted by Gasteiger charge is -2.46. The van der Waals surface area contributed by atoms with E-state index in [1.54, 1.807) is 35.9 Å². The van der Waals surface area contributed by atoms with E-state index in [0.29, 0.717) is 42.4 Å². The van der Waals surface area contributed by atoms with E-state index in [1.807, 2.05) is 19.1 Å². The topological polar surface area (TPSA) is 96.8 Å². The van der Waals surface area contributed by atoms with Crippen LogP contribution >= 0.6 is 0 Å². The number of rotatable bonds is 5. The second kappa shape index (κ2) is 9.33. The van der Waals surface area contributed by atoms with Crippen LogP contribution in [0.5, 0.6) is 0 Å². The van der Waals surface area contributed by atoms with E-state index in [0.717, 1.165) is 11.3 Å². The molecule has 1 N–H and O–H groups in total. The lowest BCUT2D eigenvalue weighted by Crippen LogP contribution is -2.52. The van der Waals surface area contributed by atoms with E-state index in [9.17, 15) is 4.79 Å². The van der Waals surface area contributed by atoms with Gasteiger partial charge in [0.15, 0.2) is 0 Å². The van der Waals surface area contributed by atoms with Gasteiger partial charge in [0, 0.05) is 50.1 Å². The first kappa shape index (κ1) is 23.0. The summed E-state index contributed by atoms with van der Waals surface area (Å²) >= 11 is 0. The Bertz CT molecular complexity index is 1140. The third-order valence-corrected chi connectivity index (χ3v) is 5.65. The van der Waals surface area contributed by atoms with Crippen molar-refractivity contribution in [2.75, 3.05) is 11.9 Å². The summed E-state index contributed by atoms with van der Waals surface area (Å²) in [6, 6.07) is 3.32. The standard InChI is InChI=1S/C22H22B3N7O/c1-13-7-16(10-27-9-13)29-20-8-17(18-11-26-5-6-28-18)30-21(31-20)15-3-4-19(22(23,24)25)32(12-15)14(2)33/h5-11,15,19H,3-4,12H2,1-2H3,(H,29,30,31)/t15-,19?/m0/s1. The Hall–Kier alpha value is -3.23. The summed E-state index contributed by atoms with van der Waals surface area (Å²) in [4.78, 5) is 36.2. The summed E-state index contributed by atoms with van der Waals surface area (Å²) < 4.78 is 0. The van der Waals surface area contributed by atoms with Crippen molar-refractivity contribution < 1.29 is 4.79 Å². The first-order valence-electron chi connectivity index (χ1n) is 10.7. The average Bonchev–Trinajstić information content (AvgIpc) is 2.78. The van der Waals surface area contributed by atoms with Crippen LogP contribution in [0.2, 0.25) is 5.11 Å². The fourth-order valence-corrected chi connectivity index (χ4v) is 4.10. The molecule has 3 aromatic heterocycles. The highest BCUT2D eigenvalue weighted by Gasteiger charge is 2.37. The predicted octanol–water partition coefficient (Wildman–Crippen LogP) is 2.05. The average molecular weight is 433 g/mol. The van der Waals surface area contributed by atoms with E-state index in [1.165, 1.54) is 6.92 Å². The van der Waals surface area contributed by atoms with Crippen molar-refractivity contribution in [3.05, 3.63) is 54.5 Å². The predicted molar refractivity (Wildman–Crippen MR) is 128 cm³/mol. The molecule has 2 atom stereocenters. The number of hydrogen-bond acceptors (Lipinski definition) is 7. The van der Waals surface area contributed by atoms with Gasteiger partial charge < -0.3 is 10.2 Å². The molecule has 8 nitrogen and oxygen atoms in total. The van der Waals surface area contributed by atoms with Gasteiger partial charge in [-0.15, -0.1) is 5.11 Å². The van der Waals surface area contributed by atoms with Crippen LogP contribution in [0.4, 0.5) is 11.5 Å². The summed E-state index contributed by atoms with van der Waals surface area (Å²) in [7, 11) is 17.8. The smallest absolute Gasteiger partial charge is 0.219 e. The molecule has 11 heteroatoms. The summed E-state index contributed by atoms with van der Waals surface area (Å²) in [5.74, 6) is 0.906. The quantitative estimate of drug-likeness (QED) is 0.616. The lowest BCUT2D eigenvalue weighted by atomic mass is 9.38. The largest absolute Gasteiger partial charge is 0.341 e. The van der Waals surface area contributed by atoms with Crippen LogP contribution in [0.15, 0.2) is 43.1 Å². The molecule has 0 bridgehead atoms. The zero-order valence-corrected chi connectivity index (χ0v) is 18.6. The van der Waals surface area contributed by atoms with Crippen molar-refractivity contribution >= 4 is 41.0 Å². The van der Waals surface area contributed by atoms with Crippen molar-refractivity contribution in [2.45, 2.75) is 43.8 Å². The van der Waals surface area contributed by atoms with Gasteiger partial charge in [-0.2, -0.15) is 0 Å². The molecule has 0 saturated carbocycles. The van der Waals surface area contributed by atoms with Gasteiger partial charge in [-0.3, -0.25) is 19.7 Å². The number of carbonyl (C=O) groups excluding carboxylic acids is 1. The Morgan fingerprint density at radius 1 is 1.06 bits per heavy atom. The normalized spacial score (nSPS) is 18.7. The van der Waals surface area contributed by atoms with Crippen molar-refractivity contribution in [2.24, 2.45) is 0 Å². The Morgan fingerprint density at radius 2 is 1.88 bits per heavy atom. The highest BCUT2D eigenvalue weighted by Crippen LogP contribution is 2.36. The number of aromatic nitrogens is 5. The van der Waals surface area contributed by atoms with E-state index in [4.69, 9.17) is 33.5 Å². The van der Waals surface area contributed by atoms with Crippen LogP contribution < -0.4 is 5.32 Å². The van der Waals surface area contributed by atoms with Crippen molar-refractivity contribution in [3.63, 3.8) is 0 Å². The van der Waals surface area contributed by atoms with Gasteiger partial charge in [0.05, 0.1) is 47.3 Å². The zero-order chi connectivity index (χ0) is 23.6. The maximum absolute atomic E-state index is 12.3. The second-order valence-electron chi connectivity index (χ2n) is 8.42. The molecule has 0 spiro atoms. The molecule has 6 radical (unpaired) electrons. The van der Waals surface area contributed by atoms with Gasteiger partial charge >= 0.3 is 0 Å². The number of pyridine rings is 1. The summed E-state index contributed by atoms with van der Waals surface area (Å²) in [5.41, 5.74) is 3.07. The van der Waals surface area contributed by atoms with Crippen LogP contribution in [-0.4, -0.2) is 71.9 Å². The number of nitrogens with zero attached hydrogens (tertiary/aromatic N) is 6. The number of anilines is 2. The fraction of sp³-hybridized carbons (Fsp3) is 0.364. The van der Waals surface area contributed by atoms with Gasteiger partial charge in [-0.25, -0.2) is 9.97 Å². The fourth-order valence-electron chi connectivity index (χ4n) is 4.10. The van der Waals surface area contributed by atoms with Crippen LogP contribution in [0, 0.1) is 6.92 Å². The Labute approximate surface area is 197 Å². The van der Waals surface area contributed by atoms with Crippen LogP contribution in [0.1, 0.15) is 37.1 Å². The minimum Gasteiger partial charge on any atom is -0.341 e. The molecule has 0 aliphatic carbocycles. The third-order valence-electron chi connectivity index (χ3n) is 5.65. The van der Waals surface area contributed by atoms with Gasteiger partial charge in [-0.1, -0.05) is 0 Å². The molecule has 1 aliphatic heterocycles. The Kier molecular flexibility index (Phi) is 6.49. The number of likely N-dealkylation sites (tertiary alicyclic amines) is 1. The first-order valence-corrected chi connectivity index (χ1v) is 10.7. The molecule has 1 fully saturated rings. The highest BCUT2D eigenvalue weighted by atomic mass is 16.2. The molecule has 3 aromatic rings. The third kappa shape index (κ3) is 5.41. The molecule has 1 aliphatic rings. The monoisotopic (exact) mass is 433 g/mol. The van der Waals surface area contributed by atoms with E-state index in [-0.39, 0.29) is 11.8 Å². The van der Waals surface area contributed by atoms with E-state index in [2.05, 4.69) is 20.3 Å². The number of piperidine rings is 1. The van der Waals surface area contributed by atoms with Crippen LogP contribution in [-0.2, 0) is 4.79 Å². The molecular formula is C22H22B3N7O. The molecule has 1 saturated heterocycles. The molecule has 1 amide bonds. The van der Waals surface area contributed by atoms with Crippen molar-refractivity contribution in [1.29, 1.82) is 0 Å². The minimum atomic E-state index is -1.48. The summed E-state index contributed by atoms with van der Waals surface area (Å²) in [6.45, 7) is 3.81. The number of amides is 1. The van der Waals surface area contributed by atoms with Crippen LogP contribution in [0.25, 0.3) is 11.4 Å². The lowest BCUT2D eigenvalue weighted by molar-refractivity contribution is -0.132. The zero-order valence-electron chi connectivity index (χ0n) is 18.6. The van der Waals surface area contributed by atoms with E-state index >= 15 is 0 Å². The van der Waals surface area contributed by atoms with Gasteiger partial charge in [0.2, 0.25) is 5.91 Å². The number of hydrogen-bond donors (Lipinski definition) is 1. The minimum absolute atomic E-state index is 0.125. The summed E-state index contributed by atoms with van der Waals surface area (Å²) in [6.07, 6.45) is 9.59. The molecule has 4 heterocycles.